The highest BCUT2D eigenvalue weighted by molar-refractivity contribution is 5.37. The zero-order valence-electron chi connectivity index (χ0n) is 14.9. The Labute approximate surface area is 140 Å². The van der Waals surface area contributed by atoms with Crippen LogP contribution in [-0.2, 0) is 6.42 Å². The van der Waals surface area contributed by atoms with Gasteiger partial charge in [-0.05, 0) is 65.4 Å². The Morgan fingerprint density at radius 2 is 1.70 bits per heavy atom. The molecule has 2 bridgehead atoms. The molecule has 1 aromatic heterocycles. The maximum atomic E-state index is 4.68. The minimum Gasteiger partial charge on any atom is -0.332 e. The van der Waals surface area contributed by atoms with E-state index in [1.807, 2.05) is 12.4 Å². The number of hydrogen-bond acceptors (Lipinski definition) is 5. The predicted octanol–water partition coefficient (Wildman–Crippen LogP) is 2.03. The second kappa shape index (κ2) is 7.58. The molecule has 128 valence electrons. The Bertz CT molecular complexity index is 473. The third-order valence-electron chi connectivity index (χ3n) is 5.16. The summed E-state index contributed by atoms with van der Waals surface area (Å²) >= 11 is 0. The van der Waals surface area contributed by atoms with E-state index in [1.165, 1.54) is 44.2 Å². The van der Waals surface area contributed by atoms with Crippen LogP contribution in [0.25, 0.3) is 0 Å². The average molecular weight is 317 g/mol. The van der Waals surface area contributed by atoms with Crippen molar-refractivity contribution in [2.24, 2.45) is 0 Å². The Hall–Kier alpha value is -1.20. The monoisotopic (exact) mass is 317 g/mol. The van der Waals surface area contributed by atoms with Crippen LogP contribution in [0.3, 0.4) is 0 Å². The Morgan fingerprint density at radius 1 is 1.04 bits per heavy atom. The van der Waals surface area contributed by atoms with Crippen molar-refractivity contribution in [3.63, 3.8) is 0 Å². The zero-order chi connectivity index (χ0) is 16.2. The summed E-state index contributed by atoms with van der Waals surface area (Å²) in [6.07, 6.45) is 11.6. The van der Waals surface area contributed by atoms with Gasteiger partial charge < -0.3 is 14.7 Å². The number of piperazine rings is 1. The van der Waals surface area contributed by atoms with E-state index in [0.717, 1.165) is 25.5 Å². The Balaban J connectivity index is 1.50. The molecule has 0 aromatic carbocycles. The second-order valence-electron chi connectivity index (χ2n) is 7.52. The van der Waals surface area contributed by atoms with Crippen LogP contribution in [0.4, 0.5) is 5.95 Å². The number of fused-ring (bicyclic) bond motifs is 2. The molecule has 2 atom stereocenters. The number of hydrogen-bond donors (Lipinski definition) is 0. The zero-order valence-corrected chi connectivity index (χ0v) is 14.9. The summed E-state index contributed by atoms with van der Waals surface area (Å²) in [6.45, 7) is 3.47. The molecule has 2 fully saturated rings. The minimum absolute atomic E-state index is 0.607. The number of aromatic nitrogens is 2. The van der Waals surface area contributed by atoms with E-state index in [2.05, 4.69) is 45.8 Å². The summed E-state index contributed by atoms with van der Waals surface area (Å²) in [4.78, 5) is 16.5. The van der Waals surface area contributed by atoms with Gasteiger partial charge in [0.2, 0.25) is 5.95 Å². The van der Waals surface area contributed by atoms with E-state index in [-0.39, 0.29) is 0 Å². The third-order valence-corrected chi connectivity index (χ3v) is 5.16. The van der Waals surface area contributed by atoms with Crippen molar-refractivity contribution in [3.05, 3.63) is 18.0 Å². The van der Waals surface area contributed by atoms with Crippen LogP contribution >= 0.6 is 0 Å². The summed E-state index contributed by atoms with van der Waals surface area (Å²) in [5.41, 5.74) is 1.28. The highest BCUT2D eigenvalue weighted by atomic mass is 15.4. The van der Waals surface area contributed by atoms with Gasteiger partial charge in [0.1, 0.15) is 0 Å². The molecule has 3 rings (SSSR count). The van der Waals surface area contributed by atoms with E-state index in [4.69, 9.17) is 0 Å². The van der Waals surface area contributed by atoms with Gasteiger partial charge in [0, 0.05) is 37.6 Å². The van der Waals surface area contributed by atoms with Crippen molar-refractivity contribution in [3.8, 4) is 0 Å². The van der Waals surface area contributed by atoms with Gasteiger partial charge in [-0.2, -0.15) is 0 Å². The van der Waals surface area contributed by atoms with Crippen LogP contribution in [-0.4, -0.2) is 72.6 Å². The Kier molecular flexibility index (Phi) is 5.49. The fourth-order valence-corrected chi connectivity index (χ4v) is 3.98. The summed E-state index contributed by atoms with van der Waals surface area (Å²) in [5, 5.41) is 0. The first kappa shape index (κ1) is 16.7. The lowest BCUT2D eigenvalue weighted by molar-refractivity contribution is 0.262. The van der Waals surface area contributed by atoms with Crippen LogP contribution in [0.15, 0.2) is 12.4 Å². The number of aryl methyl sites for hydroxylation is 1. The van der Waals surface area contributed by atoms with Crippen LogP contribution in [0.1, 0.15) is 37.7 Å². The fraction of sp³-hybridized carbons (Fsp3) is 0.778. The highest BCUT2D eigenvalue weighted by Crippen LogP contribution is 2.32. The second-order valence-corrected chi connectivity index (χ2v) is 7.52. The lowest BCUT2D eigenvalue weighted by Crippen LogP contribution is -2.53. The van der Waals surface area contributed by atoms with Crippen LogP contribution in [0, 0.1) is 0 Å². The number of unbranched alkanes of at least 4 members (excludes halogenated alkanes) is 2. The van der Waals surface area contributed by atoms with Crippen molar-refractivity contribution < 1.29 is 0 Å². The molecule has 0 spiro atoms. The van der Waals surface area contributed by atoms with E-state index in [1.54, 1.807) is 0 Å². The topological polar surface area (TPSA) is 35.5 Å². The van der Waals surface area contributed by atoms with Gasteiger partial charge in [0.15, 0.2) is 0 Å². The molecular weight excluding hydrogens is 286 g/mol. The van der Waals surface area contributed by atoms with Crippen molar-refractivity contribution >= 4 is 5.95 Å². The molecule has 2 aliphatic heterocycles. The molecule has 2 saturated heterocycles. The molecule has 0 amide bonds. The van der Waals surface area contributed by atoms with Gasteiger partial charge in [-0.1, -0.05) is 6.42 Å². The van der Waals surface area contributed by atoms with Crippen molar-refractivity contribution in [2.45, 2.75) is 50.6 Å². The molecule has 3 heterocycles. The van der Waals surface area contributed by atoms with Gasteiger partial charge in [-0.25, -0.2) is 9.97 Å². The van der Waals surface area contributed by atoms with Crippen molar-refractivity contribution in [2.75, 3.05) is 45.7 Å². The van der Waals surface area contributed by atoms with Gasteiger partial charge >= 0.3 is 0 Å². The summed E-state index contributed by atoms with van der Waals surface area (Å²) < 4.78 is 0. The van der Waals surface area contributed by atoms with Gasteiger partial charge in [-0.3, -0.25) is 0 Å². The molecule has 0 aliphatic carbocycles. The molecule has 1 aromatic rings. The van der Waals surface area contributed by atoms with Crippen molar-refractivity contribution in [1.29, 1.82) is 0 Å². The number of rotatable bonds is 7. The lowest BCUT2D eigenvalue weighted by Gasteiger charge is -2.39. The molecule has 5 nitrogen and oxygen atoms in total. The third kappa shape index (κ3) is 4.21. The van der Waals surface area contributed by atoms with E-state index >= 15 is 0 Å². The number of nitrogens with zero attached hydrogens (tertiary/aromatic N) is 5. The molecular formula is C18H31N5. The van der Waals surface area contributed by atoms with Gasteiger partial charge in [-0.15, -0.1) is 0 Å². The summed E-state index contributed by atoms with van der Waals surface area (Å²) in [7, 11) is 6.50. The first-order valence-corrected chi connectivity index (χ1v) is 9.06. The fourth-order valence-electron chi connectivity index (χ4n) is 3.98. The largest absolute Gasteiger partial charge is 0.332 e. The van der Waals surface area contributed by atoms with Crippen LogP contribution in [0.2, 0.25) is 0 Å². The SMILES string of the molecule is CN(C)CCCCCc1cnc(N2C3CCC2CN(C)C3)nc1. The summed E-state index contributed by atoms with van der Waals surface area (Å²) in [6, 6.07) is 1.21. The normalized spacial score (nSPS) is 24.6. The first-order valence-electron chi connectivity index (χ1n) is 9.06. The van der Waals surface area contributed by atoms with Gasteiger partial charge in [0.25, 0.3) is 0 Å². The molecule has 2 aliphatic rings. The quantitative estimate of drug-likeness (QED) is 0.719. The summed E-state index contributed by atoms with van der Waals surface area (Å²) in [5.74, 6) is 0.946. The Morgan fingerprint density at radius 3 is 2.30 bits per heavy atom. The lowest BCUT2D eigenvalue weighted by atomic mass is 10.1. The number of anilines is 1. The van der Waals surface area contributed by atoms with E-state index < -0.39 is 0 Å². The van der Waals surface area contributed by atoms with Gasteiger partial charge in [0.05, 0.1) is 0 Å². The maximum Gasteiger partial charge on any atom is 0.225 e. The molecule has 0 N–H and O–H groups in total. The maximum absolute atomic E-state index is 4.68. The average Bonchev–Trinajstić information content (AvgIpc) is 2.79. The minimum atomic E-state index is 0.607. The first-order chi connectivity index (χ1) is 11.1. The van der Waals surface area contributed by atoms with Crippen LogP contribution in [0.5, 0.6) is 0 Å². The van der Waals surface area contributed by atoms with E-state index in [0.29, 0.717) is 12.1 Å². The molecule has 0 radical (unpaired) electrons. The van der Waals surface area contributed by atoms with Crippen molar-refractivity contribution in [1.82, 2.24) is 19.8 Å². The highest BCUT2D eigenvalue weighted by Gasteiger charge is 2.39. The molecule has 5 heteroatoms. The van der Waals surface area contributed by atoms with Crippen LogP contribution < -0.4 is 4.90 Å². The molecule has 23 heavy (non-hydrogen) atoms. The standard InChI is InChI=1S/C18H31N5/c1-21(2)10-6-4-5-7-15-11-19-18(20-12-15)23-16-8-9-17(23)14-22(3)13-16/h11-12,16-17H,4-10,13-14H2,1-3H3. The van der Waals surface area contributed by atoms with E-state index in [9.17, 15) is 0 Å². The predicted molar refractivity (Wildman–Crippen MR) is 94.9 cm³/mol. The number of likely N-dealkylation sites (tertiary alicyclic amines) is 1. The molecule has 0 saturated carbocycles. The molecule has 2 unspecified atom stereocenters. The number of likely N-dealkylation sites (N-methyl/N-ethyl adjacent to an activating group) is 1. The smallest absolute Gasteiger partial charge is 0.225 e.